The third kappa shape index (κ3) is 13.1. The topological polar surface area (TPSA) is 195 Å². The highest BCUT2D eigenvalue weighted by molar-refractivity contribution is 5.97. The van der Waals surface area contributed by atoms with Crippen LogP contribution in [0.1, 0.15) is 62.9 Å². The highest BCUT2D eigenvalue weighted by Crippen LogP contribution is 2.12. The average Bonchev–Trinajstić information content (AvgIpc) is 2.97. The van der Waals surface area contributed by atoms with Gasteiger partial charge < -0.3 is 26.6 Å². The Morgan fingerprint density at radius 2 is 1.47 bits per heavy atom. The Morgan fingerprint density at radius 3 is 2.07 bits per heavy atom. The number of benzene rings is 2. The zero-order valence-electron chi connectivity index (χ0n) is 25.4. The maximum absolute atomic E-state index is 13.9. The van der Waals surface area contributed by atoms with E-state index in [0.29, 0.717) is 18.3 Å². The van der Waals surface area contributed by atoms with Gasteiger partial charge in [0.25, 0.3) is 5.91 Å². The van der Waals surface area contributed by atoms with Crippen LogP contribution in [0.25, 0.3) is 0 Å². The monoisotopic (exact) mass is 632 g/mol. The Kier molecular flexibility index (Phi) is 13.5. The SMILES string of the molecule is C[C@H](NC(=O)C(CC(=O)NCC(C)(C)C)NC(=O)CCC(=O)Nc1ccc(C(=O)NO)cc1)C(=O)NCc1ccc(F)cc1F. The lowest BCUT2D eigenvalue weighted by Gasteiger charge is -2.23. The zero-order chi connectivity index (χ0) is 33.7. The molecule has 0 aromatic heterocycles. The molecule has 0 saturated heterocycles. The molecule has 2 rings (SSSR count). The van der Waals surface area contributed by atoms with Crippen molar-refractivity contribution in [1.29, 1.82) is 0 Å². The molecular formula is C30H38F2N6O7. The van der Waals surface area contributed by atoms with Crippen molar-refractivity contribution in [2.24, 2.45) is 5.41 Å². The minimum Gasteiger partial charge on any atom is -0.355 e. The molecular weight excluding hydrogens is 594 g/mol. The van der Waals surface area contributed by atoms with Crippen LogP contribution in [0.3, 0.4) is 0 Å². The maximum Gasteiger partial charge on any atom is 0.274 e. The van der Waals surface area contributed by atoms with E-state index in [1.807, 2.05) is 20.8 Å². The maximum atomic E-state index is 13.9. The number of carbonyl (C=O) groups excluding carboxylic acids is 6. The van der Waals surface area contributed by atoms with E-state index in [1.54, 1.807) is 0 Å². The van der Waals surface area contributed by atoms with E-state index in [-0.39, 0.29) is 35.9 Å². The number of nitrogens with one attached hydrogen (secondary N) is 6. The molecule has 0 spiro atoms. The summed E-state index contributed by atoms with van der Waals surface area (Å²) in [5.74, 6) is -5.70. The molecule has 244 valence electrons. The molecule has 7 N–H and O–H groups in total. The van der Waals surface area contributed by atoms with Crippen molar-refractivity contribution in [1.82, 2.24) is 26.7 Å². The van der Waals surface area contributed by atoms with Crippen LogP contribution in [0.2, 0.25) is 0 Å². The third-order valence-electron chi connectivity index (χ3n) is 6.19. The van der Waals surface area contributed by atoms with Crippen molar-refractivity contribution in [2.75, 3.05) is 11.9 Å². The number of amides is 6. The lowest BCUT2D eigenvalue weighted by molar-refractivity contribution is -0.134. The van der Waals surface area contributed by atoms with Gasteiger partial charge in [-0.3, -0.25) is 34.0 Å². The molecule has 0 heterocycles. The third-order valence-corrected chi connectivity index (χ3v) is 6.19. The van der Waals surface area contributed by atoms with Crippen molar-refractivity contribution >= 4 is 41.1 Å². The molecule has 1 unspecified atom stereocenters. The fourth-order valence-electron chi connectivity index (χ4n) is 3.70. The first-order valence-electron chi connectivity index (χ1n) is 14.0. The van der Waals surface area contributed by atoms with E-state index in [4.69, 9.17) is 5.21 Å². The number of halogens is 2. The molecule has 0 aliphatic rings. The summed E-state index contributed by atoms with van der Waals surface area (Å²) >= 11 is 0. The first-order chi connectivity index (χ1) is 21.1. The van der Waals surface area contributed by atoms with Gasteiger partial charge in [0.1, 0.15) is 23.7 Å². The van der Waals surface area contributed by atoms with Gasteiger partial charge in [0.15, 0.2) is 0 Å². The van der Waals surface area contributed by atoms with Crippen LogP contribution in [-0.4, -0.2) is 59.3 Å². The summed E-state index contributed by atoms with van der Waals surface area (Å²) in [6.07, 6.45) is -1.08. The second kappa shape index (κ2) is 16.8. The summed E-state index contributed by atoms with van der Waals surface area (Å²) in [5.41, 5.74) is 1.74. The van der Waals surface area contributed by atoms with Crippen LogP contribution < -0.4 is 32.1 Å². The number of hydrogen-bond acceptors (Lipinski definition) is 7. The molecule has 0 aliphatic carbocycles. The Labute approximate surface area is 258 Å². The average molecular weight is 633 g/mol. The van der Waals surface area contributed by atoms with E-state index in [2.05, 4.69) is 26.6 Å². The van der Waals surface area contributed by atoms with E-state index in [0.717, 1.165) is 6.07 Å². The molecule has 13 nitrogen and oxygen atoms in total. The van der Waals surface area contributed by atoms with Gasteiger partial charge in [0, 0.05) is 48.8 Å². The predicted molar refractivity (Wildman–Crippen MR) is 158 cm³/mol. The molecule has 0 radical (unpaired) electrons. The van der Waals surface area contributed by atoms with Crippen molar-refractivity contribution in [3.05, 3.63) is 65.2 Å². The summed E-state index contributed by atoms with van der Waals surface area (Å²) in [4.78, 5) is 74.6. The Balaban J connectivity index is 1.98. The zero-order valence-corrected chi connectivity index (χ0v) is 25.4. The van der Waals surface area contributed by atoms with Crippen LogP contribution >= 0.6 is 0 Å². The minimum absolute atomic E-state index is 0.0269. The van der Waals surface area contributed by atoms with Gasteiger partial charge >= 0.3 is 0 Å². The summed E-state index contributed by atoms with van der Waals surface area (Å²) < 4.78 is 27.0. The largest absolute Gasteiger partial charge is 0.355 e. The number of hydrogen-bond donors (Lipinski definition) is 7. The number of rotatable bonds is 14. The number of carbonyl (C=O) groups is 6. The molecule has 2 aromatic carbocycles. The lowest BCUT2D eigenvalue weighted by Crippen LogP contribution is -2.54. The molecule has 6 amide bonds. The molecule has 45 heavy (non-hydrogen) atoms. The van der Waals surface area contributed by atoms with Crippen LogP contribution in [0, 0.1) is 17.0 Å². The standard InChI is InChI=1S/C30H38F2N6O7/c1-17(27(42)33-15-19-5-8-20(31)13-22(19)32)35-29(44)23(14-26(41)34-16-30(2,3)4)37-25(40)12-11-24(39)36-21-9-6-18(7-10-21)28(43)38-45/h5-10,13,17,23,45H,11-12,14-16H2,1-4H3,(H,33,42)(H,34,41)(H,35,44)(H,36,39)(H,37,40)(H,38,43)/t17-,23?/m0/s1. The van der Waals surface area contributed by atoms with E-state index in [9.17, 15) is 37.5 Å². The van der Waals surface area contributed by atoms with Gasteiger partial charge in [-0.15, -0.1) is 0 Å². The summed E-state index contributed by atoms with van der Waals surface area (Å²) in [5, 5.41) is 21.2. The summed E-state index contributed by atoms with van der Waals surface area (Å²) in [7, 11) is 0. The van der Waals surface area contributed by atoms with E-state index >= 15 is 0 Å². The summed E-state index contributed by atoms with van der Waals surface area (Å²) in [6.45, 7) is 7.04. The van der Waals surface area contributed by atoms with Gasteiger partial charge in [-0.05, 0) is 42.7 Å². The van der Waals surface area contributed by atoms with Crippen LogP contribution in [-0.2, 0) is 30.5 Å². The van der Waals surface area contributed by atoms with Crippen molar-refractivity contribution < 1.29 is 42.8 Å². The van der Waals surface area contributed by atoms with Crippen LogP contribution in [0.5, 0.6) is 0 Å². The normalized spacial score (nSPS) is 12.2. The number of anilines is 1. The molecule has 2 atom stereocenters. The molecule has 15 heteroatoms. The second-order valence-corrected chi connectivity index (χ2v) is 11.4. The molecule has 2 aromatic rings. The van der Waals surface area contributed by atoms with Crippen LogP contribution in [0.15, 0.2) is 42.5 Å². The first-order valence-corrected chi connectivity index (χ1v) is 14.0. The highest BCUT2D eigenvalue weighted by Gasteiger charge is 2.27. The Bertz CT molecular complexity index is 1400. The second-order valence-electron chi connectivity index (χ2n) is 11.4. The Morgan fingerprint density at radius 1 is 0.822 bits per heavy atom. The van der Waals surface area contributed by atoms with E-state index < -0.39 is 65.6 Å². The molecule has 0 fully saturated rings. The molecule has 0 aliphatic heterocycles. The first kappa shape index (κ1) is 36.3. The Hall–Kier alpha value is -4.92. The van der Waals surface area contributed by atoms with Gasteiger partial charge in [0.05, 0.1) is 6.42 Å². The lowest BCUT2D eigenvalue weighted by atomic mass is 9.97. The van der Waals surface area contributed by atoms with Gasteiger partial charge in [-0.25, -0.2) is 14.3 Å². The van der Waals surface area contributed by atoms with Crippen molar-refractivity contribution in [3.8, 4) is 0 Å². The van der Waals surface area contributed by atoms with Gasteiger partial charge in [-0.1, -0.05) is 26.8 Å². The summed E-state index contributed by atoms with van der Waals surface area (Å²) in [6, 6.07) is 5.91. The van der Waals surface area contributed by atoms with Gasteiger partial charge in [0.2, 0.25) is 29.5 Å². The van der Waals surface area contributed by atoms with Crippen molar-refractivity contribution in [2.45, 2.75) is 65.6 Å². The predicted octanol–water partition coefficient (Wildman–Crippen LogP) is 1.66. The van der Waals surface area contributed by atoms with E-state index in [1.165, 1.54) is 42.7 Å². The van der Waals surface area contributed by atoms with Gasteiger partial charge in [-0.2, -0.15) is 0 Å². The molecule has 0 bridgehead atoms. The fourth-order valence-corrected chi connectivity index (χ4v) is 3.70. The van der Waals surface area contributed by atoms with Crippen LogP contribution in [0.4, 0.5) is 14.5 Å². The smallest absolute Gasteiger partial charge is 0.274 e. The number of hydroxylamine groups is 1. The highest BCUT2D eigenvalue weighted by atomic mass is 19.1. The molecule has 0 saturated carbocycles. The fraction of sp³-hybridized carbons (Fsp3) is 0.400. The quantitative estimate of drug-likeness (QED) is 0.122. The minimum atomic E-state index is -1.39. The van der Waals surface area contributed by atoms with Crippen molar-refractivity contribution in [3.63, 3.8) is 0 Å².